The largest absolute Gasteiger partial charge is 0.354 e. The minimum Gasteiger partial charge on any atom is -0.354 e. The number of carbonyl (C=O) groups excluding carboxylic acids is 1. The first-order valence-electron chi connectivity index (χ1n) is 7.42. The normalized spacial score (nSPS) is 21.5. The molecular formula is C14H29N3O3S. The van der Waals surface area contributed by atoms with E-state index in [2.05, 4.69) is 24.1 Å². The third-order valence-electron chi connectivity index (χ3n) is 3.67. The Morgan fingerprint density at radius 2 is 1.95 bits per heavy atom. The van der Waals surface area contributed by atoms with Crippen molar-refractivity contribution in [2.24, 2.45) is 5.41 Å². The van der Waals surface area contributed by atoms with E-state index in [1.54, 1.807) is 0 Å². The first-order valence-corrected chi connectivity index (χ1v) is 9.27. The van der Waals surface area contributed by atoms with Gasteiger partial charge in [-0.2, -0.15) is 4.31 Å². The topological polar surface area (TPSA) is 69.7 Å². The van der Waals surface area contributed by atoms with Gasteiger partial charge in [0.05, 0.1) is 6.26 Å². The highest BCUT2D eigenvalue weighted by Crippen LogP contribution is 2.21. The Balaban J connectivity index is 2.65. The van der Waals surface area contributed by atoms with Gasteiger partial charge in [-0.05, 0) is 32.4 Å². The predicted octanol–water partition coefficient (Wildman–Crippen LogP) is 0.505. The van der Waals surface area contributed by atoms with E-state index in [-0.39, 0.29) is 11.3 Å². The van der Waals surface area contributed by atoms with Crippen molar-refractivity contribution >= 4 is 15.9 Å². The van der Waals surface area contributed by atoms with E-state index in [1.165, 1.54) is 10.6 Å². The molecule has 1 N–H and O–H groups in total. The van der Waals surface area contributed by atoms with Gasteiger partial charge in [0.15, 0.2) is 0 Å². The molecule has 6 nitrogen and oxygen atoms in total. The van der Waals surface area contributed by atoms with Crippen molar-refractivity contribution in [3.05, 3.63) is 0 Å². The highest BCUT2D eigenvalue weighted by Gasteiger charge is 2.34. The Labute approximate surface area is 128 Å². The van der Waals surface area contributed by atoms with E-state index in [9.17, 15) is 13.2 Å². The molecule has 0 aliphatic carbocycles. The number of nitrogens with one attached hydrogen (secondary N) is 1. The summed E-state index contributed by atoms with van der Waals surface area (Å²) in [4.78, 5) is 14.4. The molecule has 1 aliphatic rings. The van der Waals surface area contributed by atoms with Crippen LogP contribution in [0.15, 0.2) is 0 Å². The van der Waals surface area contributed by atoms with Crippen LogP contribution in [0.3, 0.4) is 0 Å². The summed E-state index contributed by atoms with van der Waals surface area (Å²) in [6, 6.07) is -0.552. The second-order valence-corrected chi connectivity index (χ2v) is 8.94. The van der Waals surface area contributed by atoms with E-state index >= 15 is 0 Å². The first-order chi connectivity index (χ1) is 9.53. The zero-order valence-corrected chi connectivity index (χ0v) is 14.7. The summed E-state index contributed by atoms with van der Waals surface area (Å²) in [5.41, 5.74) is -0.0518. The Hall–Kier alpha value is -0.660. The second kappa shape index (κ2) is 7.07. The van der Waals surface area contributed by atoms with Gasteiger partial charge < -0.3 is 10.2 Å². The van der Waals surface area contributed by atoms with Gasteiger partial charge in [0, 0.05) is 19.6 Å². The lowest BCUT2D eigenvalue weighted by molar-refractivity contribution is -0.126. The number of rotatable bonds is 6. The highest BCUT2D eigenvalue weighted by molar-refractivity contribution is 7.88. The first kappa shape index (κ1) is 18.4. The fraction of sp³-hybridized carbons (Fsp3) is 0.929. The quantitative estimate of drug-likeness (QED) is 0.774. The average Bonchev–Trinajstić information content (AvgIpc) is 2.33. The summed E-state index contributed by atoms with van der Waals surface area (Å²) in [6.45, 7) is 6.01. The maximum atomic E-state index is 12.4. The second-order valence-electron chi connectivity index (χ2n) is 7.01. The third kappa shape index (κ3) is 5.92. The van der Waals surface area contributed by atoms with Gasteiger partial charge in [0.1, 0.15) is 6.04 Å². The molecule has 0 spiro atoms. The van der Waals surface area contributed by atoms with Gasteiger partial charge in [-0.3, -0.25) is 4.79 Å². The standard InChI is InChI=1S/C14H29N3O3S/c1-14(2,11-16(3)4)10-15-13(18)12-8-6-7-9-17(12)21(5,19)20/h12H,6-11H2,1-5H3,(H,15,18)/t12-/m0/s1. The summed E-state index contributed by atoms with van der Waals surface area (Å²) in [5, 5.41) is 2.93. The van der Waals surface area contributed by atoms with Crippen molar-refractivity contribution in [3.8, 4) is 0 Å². The van der Waals surface area contributed by atoms with Crippen LogP contribution >= 0.6 is 0 Å². The lowest BCUT2D eigenvalue weighted by Gasteiger charge is -2.34. The van der Waals surface area contributed by atoms with Gasteiger partial charge in [0.25, 0.3) is 0 Å². The predicted molar refractivity (Wildman–Crippen MR) is 84.5 cm³/mol. The van der Waals surface area contributed by atoms with E-state index in [1.807, 2.05) is 14.1 Å². The molecule has 0 radical (unpaired) electrons. The smallest absolute Gasteiger partial charge is 0.238 e. The van der Waals surface area contributed by atoms with Gasteiger partial charge in [-0.1, -0.05) is 20.3 Å². The number of sulfonamides is 1. The summed E-state index contributed by atoms with van der Waals surface area (Å²) < 4.78 is 24.9. The van der Waals surface area contributed by atoms with Crippen molar-refractivity contribution in [3.63, 3.8) is 0 Å². The van der Waals surface area contributed by atoms with Crippen molar-refractivity contribution in [1.82, 2.24) is 14.5 Å². The summed E-state index contributed by atoms with van der Waals surface area (Å²) in [7, 11) is 0.664. The number of carbonyl (C=O) groups is 1. The third-order valence-corrected chi connectivity index (χ3v) is 4.96. The lowest BCUT2D eigenvalue weighted by atomic mass is 9.92. The Kier molecular flexibility index (Phi) is 6.19. The van der Waals surface area contributed by atoms with Crippen LogP contribution in [0.2, 0.25) is 0 Å². The average molecular weight is 319 g/mol. The molecule has 1 aliphatic heterocycles. The maximum absolute atomic E-state index is 12.4. The Morgan fingerprint density at radius 3 is 2.48 bits per heavy atom. The van der Waals surface area contributed by atoms with E-state index < -0.39 is 16.1 Å². The molecular weight excluding hydrogens is 290 g/mol. The van der Waals surface area contributed by atoms with E-state index in [0.717, 1.165) is 19.4 Å². The Morgan fingerprint density at radius 1 is 1.33 bits per heavy atom. The number of amides is 1. The molecule has 1 amide bonds. The van der Waals surface area contributed by atoms with Crippen LogP contribution in [0, 0.1) is 5.41 Å². The molecule has 1 fully saturated rings. The molecule has 1 heterocycles. The number of piperidine rings is 1. The SMILES string of the molecule is CN(C)CC(C)(C)CNC(=O)[C@@H]1CCCCN1S(C)(=O)=O. The molecule has 7 heteroatoms. The summed E-state index contributed by atoms with van der Waals surface area (Å²) in [5.74, 6) is -0.174. The molecule has 0 saturated carbocycles. The monoisotopic (exact) mass is 319 g/mol. The molecule has 0 aromatic carbocycles. The summed E-state index contributed by atoms with van der Waals surface area (Å²) >= 11 is 0. The van der Waals surface area contributed by atoms with Crippen molar-refractivity contribution < 1.29 is 13.2 Å². The van der Waals surface area contributed by atoms with E-state index in [4.69, 9.17) is 0 Å². The molecule has 1 saturated heterocycles. The maximum Gasteiger partial charge on any atom is 0.238 e. The number of nitrogens with zero attached hydrogens (tertiary/aromatic N) is 2. The molecule has 0 aromatic rings. The molecule has 124 valence electrons. The van der Waals surface area contributed by atoms with Crippen LogP contribution in [-0.2, 0) is 14.8 Å². The van der Waals surface area contributed by atoms with Crippen LogP contribution in [-0.4, -0.2) is 69.6 Å². The van der Waals surface area contributed by atoms with E-state index in [0.29, 0.717) is 19.5 Å². The van der Waals surface area contributed by atoms with Crippen LogP contribution in [0.4, 0.5) is 0 Å². The lowest BCUT2D eigenvalue weighted by Crippen LogP contribution is -2.53. The molecule has 21 heavy (non-hydrogen) atoms. The van der Waals surface area contributed by atoms with Gasteiger partial charge in [-0.25, -0.2) is 8.42 Å². The number of hydrogen-bond acceptors (Lipinski definition) is 4. The zero-order valence-electron chi connectivity index (χ0n) is 13.8. The van der Waals surface area contributed by atoms with Crippen molar-refractivity contribution in [2.45, 2.75) is 39.2 Å². The van der Waals surface area contributed by atoms with Gasteiger partial charge in [-0.15, -0.1) is 0 Å². The molecule has 0 bridgehead atoms. The minimum atomic E-state index is -3.33. The van der Waals surface area contributed by atoms with Crippen LogP contribution in [0.25, 0.3) is 0 Å². The molecule has 0 unspecified atom stereocenters. The van der Waals surface area contributed by atoms with Crippen LogP contribution in [0.5, 0.6) is 0 Å². The van der Waals surface area contributed by atoms with Gasteiger partial charge >= 0.3 is 0 Å². The molecule has 1 atom stereocenters. The molecule has 0 aromatic heterocycles. The fourth-order valence-corrected chi connectivity index (χ4v) is 4.04. The van der Waals surface area contributed by atoms with Gasteiger partial charge in [0.2, 0.25) is 15.9 Å². The zero-order chi connectivity index (χ0) is 16.3. The number of hydrogen-bond donors (Lipinski definition) is 1. The van der Waals surface area contributed by atoms with Crippen LogP contribution < -0.4 is 5.32 Å². The fourth-order valence-electron chi connectivity index (χ4n) is 2.92. The Bertz CT molecular complexity index is 460. The molecule has 1 rings (SSSR count). The summed E-state index contributed by atoms with van der Waals surface area (Å²) in [6.07, 6.45) is 3.50. The van der Waals surface area contributed by atoms with Crippen molar-refractivity contribution in [2.75, 3.05) is 40.0 Å². The highest BCUT2D eigenvalue weighted by atomic mass is 32.2. The van der Waals surface area contributed by atoms with Crippen molar-refractivity contribution in [1.29, 1.82) is 0 Å². The van der Waals surface area contributed by atoms with Crippen LogP contribution in [0.1, 0.15) is 33.1 Å². The minimum absolute atomic E-state index is 0.0518.